The Morgan fingerprint density at radius 2 is 0.824 bits per heavy atom. The van der Waals surface area contributed by atoms with Gasteiger partial charge in [-0.3, -0.25) is 4.21 Å². The van der Waals surface area contributed by atoms with E-state index in [0.717, 1.165) is 39.9 Å². The third-order valence-corrected chi connectivity index (χ3v) is 14.8. The van der Waals surface area contributed by atoms with Crippen LogP contribution < -0.4 is 27.0 Å². The van der Waals surface area contributed by atoms with E-state index < -0.39 is 20.6 Å². The average Bonchev–Trinajstić information content (AvgIpc) is 1.97. The van der Waals surface area contributed by atoms with Gasteiger partial charge in [-0.25, -0.2) is 63.2 Å². The van der Waals surface area contributed by atoms with Gasteiger partial charge in [0.25, 0.3) is 0 Å². The first-order chi connectivity index (χ1) is 44.3. The highest BCUT2D eigenvalue weighted by Crippen LogP contribution is 2.26. The fraction of sp³-hybridized carbons (Fsp3) is 0.0952. The molecule has 91 heavy (non-hydrogen) atoms. The molecule has 1 unspecified atom stereocenters. The highest BCUT2D eigenvalue weighted by molar-refractivity contribution is 7.90. The van der Waals surface area contributed by atoms with Crippen LogP contribution in [0.2, 0.25) is 0 Å². The summed E-state index contributed by atoms with van der Waals surface area (Å²) in [7, 11) is -4.79. The normalized spacial score (nSPS) is 12.0. The minimum atomic E-state index is -3.52. The Balaban J connectivity index is 0.000000132. The minimum absolute atomic E-state index is 0.0676. The van der Waals surface area contributed by atoms with Crippen LogP contribution in [-0.4, -0.2) is 114 Å². The quantitative estimate of drug-likeness (QED) is 0.0596. The summed E-state index contributed by atoms with van der Waals surface area (Å²) in [6.45, 7) is 4.05. The van der Waals surface area contributed by atoms with Crippen LogP contribution in [0.25, 0.3) is 50.7 Å². The van der Waals surface area contributed by atoms with E-state index in [4.69, 9.17) is 10.7 Å². The molecule has 0 saturated heterocycles. The van der Waals surface area contributed by atoms with Crippen LogP contribution in [0.3, 0.4) is 0 Å². The van der Waals surface area contributed by atoms with Gasteiger partial charge < -0.3 is 27.0 Å². The zero-order chi connectivity index (χ0) is 63.1. The molecule has 0 radical (unpaired) electrons. The highest BCUT2D eigenvalue weighted by atomic mass is 32.2. The molecule has 0 saturated carbocycles. The molecule has 9 aromatic heterocycles. The predicted molar refractivity (Wildman–Crippen MR) is 348 cm³/mol. The van der Waals surface area contributed by atoms with Crippen LogP contribution in [0.1, 0.15) is 37.1 Å². The van der Waals surface area contributed by atoms with Crippen LogP contribution in [0.5, 0.6) is 0 Å². The predicted octanol–water partition coefficient (Wildman–Crippen LogP) is 9.99. The fourth-order valence-corrected chi connectivity index (χ4v) is 9.70. The SMILES string of the molecule is CS(=O)(=O)c1nccc(Nc2nc(-c3ccccc3)cc3ncnn23)n1.CS(=O)c1nccc(Nc2nc(-c3ccccc3)cc3ncnn23)n1.C[C@H](N)c1ccccc1.C[C@H](Nc1nccc(Nc2nc(-c3ccccc3)cc3ncnn23)n1)c1ccccc1. The number of sulfone groups is 1. The maximum Gasteiger partial charge on any atom is 0.248 e. The third-order valence-electron chi connectivity index (χ3n) is 13.2. The first kappa shape index (κ1) is 60.9. The van der Waals surface area contributed by atoms with Gasteiger partial charge in [-0.1, -0.05) is 152 Å². The van der Waals surface area contributed by atoms with Crippen molar-refractivity contribution in [1.29, 1.82) is 0 Å². The van der Waals surface area contributed by atoms with Crippen molar-refractivity contribution >= 4 is 78.8 Å². The van der Waals surface area contributed by atoms with Crippen LogP contribution in [0, 0.1) is 0 Å². The van der Waals surface area contributed by atoms with E-state index in [1.165, 1.54) is 41.5 Å². The molecule has 26 nitrogen and oxygen atoms in total. The van der Waals surface area contributed by atoms with Gasteiger partial charge in [-0.2, -0.15) is 33.8 Å². The molecule has 0 aliphatic rings. The molecular formula is C63H57N23O3S2. The van der Waals surface area contributed by atoms with Crippen molar-refractivity contribution in [1.82, 2.24) is 88.6 Å². The van der Waals surface area contributed by atoms with Crippen molar-refractivity contribution in [3.05, 3.63) is 237 Å². The smallest absolute Gasteiger partial charge is 0.248 e. The topological polar surface area (TPSA) is 332 Å². The minimum Gasteiger partial charge on any atom is -0.348 e. The molecule has 14 aromatic rings. The number of benzene rings is 5. The Bertz CT molecular complexity index is 4860. The van der Waals surface area contributed by atoms with Crippen LogP contribution in [-0.2, 0) is 20.6 Å². The summed E-state index contributed by atoms with van der Waals surface area (Å²) in [5, 5.41) is 25.3. The largest absolute Gasteiger partial charge is 0.348 e. The lowest BCUT2D eigenvalue weighted by Crippen LogP contribution is -2.11. The summed E-state index contributed by atoms with van der Waals surface area (Å²) in [5.41, 5.74) is 15.1. The molecule has 0 amide bonds. The molecule has 14 rings (SSSR count). The molecule has 6 N–H and O–H groups in total. The van der Waals surface area contributed by atoms with Crippen molar-refractivity contribution < 1.29 is 12.6 Å². The summed E-state index contributed by atoms with van der Waals surface area (Å²) >= 11 is 0. The van der Waals surface area contributed by atoms with E-state index in [0.29, 0.717) is 58.1 Å². The average molecular weight is 1250 g/mol. The summed E-state index contributed by atoms with van der Waals surface area (Å²) in [4.78, 5) is 51.7. The second-order valence-corrected chi connectivity index (χ2v) is 23.1. The Hall–Kier alpha value is -11.8. The van der Waals surface area contributed by atoms with Crippen molar-refractivity contribution in [2.75, 3.05) is 33.8 Å². The van der Waals surface area contributed by atoms with Crippen LogP contribution in [0.4, 0.5) is 41.2 Å². The van der Waals surface area contributed by atoms with Gasteiger partial charge in [0.1, 0.15) is 36.4 Å². The molecular weight excluding hydrogens is 1190 g/mol. The van der Waals surface area contributed by atoms with Crippen LogP contribution >= 0.6 is 0 Å². The first-order valence-electron chi connectivity index (χ1n) is 28.0. The maximum atomic E-state index is 11.7. The Morgan fingerprint density at radius 1 is 0.451 bits per heavy atom. The number of fused-ring (bicyclic) bond motifs is 3. The number of nitrogens with zero attached hydrogens (tertiary/aromatic N) is 18. The van der Waals surface area contributed by atoms with Crippen molar-refractivity contribution in [3.8, 4) is 33.8 Å². The molecule has 28 heteroatoms. The van der Waals surface area contributed by atoms with Crippen molar-refractivity contribution in [3.63, 3.8) is 0 Å². The molecule has 0 bridgehead atoms. The van der Waals surface area contributed by atoms with Gasteiger partial charge >= 0.3 is 0 Å². The Kier molecular flexibility index (Phi) is 19.0. The lowest BCUT2D eigenvalue weighted by atomic mass is 10.1. The standard InChI is InChI=1S/C23H20N8.C16H13N7O2S.C16H13N7OS.C8H11N/c1-16(17-8-4-2-5-9-17)27-22-24-13-12-20(29-22)30-23-28-19(18-10-6-3-7-11-18)14-21-25-15-26-31(21)23;1-26(24,25)16-17-8-7-13(22-16)21-15-20-12(11-5-3-2-4-6-11)9-14-18-10-19-23(14)15;1-25(24)16-17-8-7-13(22-16)21-15-20-12(11-5-3-2-4-6-11)9-14-18-10-19-23(14)15;1-7(9)8-5-3-2-4-6-8/h2-16H,1H3,(H2,24,27,28,29,30);2-10H,1H3,(H,17,20,21,22);2-10H,1H3,(H,17,20,21,22);2-7H,9H2,1H3/t16-;;;7-/m0..0/s1. The summed E-state index contributed by atoms with van der Waals surface area (Å²) in [5.74, 6) is 3.24. The van der Waals surface area contributed by atoms with Gasteiger partial charge in [0, 0.05) is 72.0 Å². The lowest BCUT2D eigenvalue weighted by Gasteiger charge is -2.15. The Labute approximate surface area is 523 Å². The zero-order valence-corrected chi connectivity index (χ0v) is 50.8. The number of anilines is 7. The van der Waals surface area contributed by atoms with Gasteiger partial charge in [-0.05, 0) is 43.2 Å². The first-order valence-corrected chi connectivity index (χ1v) is 31.5. The third kappa shape index (κ3) is 15.7. The number of hydrogen-bond donors (Lipinski definition) is 5. The Morgan fingerprint density at radius 3 is 1.22 bits per heavy atom. The summed E-state index contributed by atoms with van der Waals surface area (Å²) in [6, 6.07) is 60.4. The summed E-state index contributed by atoms with van der Waals surface area (Å²) < 4.78 is 39.6. The molecule has 0 aliphatic carbocycles. The second-order valence-electron chi connectivity index (χ2n) is 19.9. The molecule has 0 fully saturated rings. The molecule has 0 aliphatic heterocycles. The van der Waals surface area contributed by atoms with Gasteiger partial charge in [0.15, 0.2) is 16.9 Å². The zero-order valence-electron chi connectivity index (χ0n) is 49.2. The summed E-state index contributed by atoms with van der Waals surface area (Å²) in [6.07, 6.45) is 11.6. The maximum absolute atomic E-state index is 11.7. The number of nitrogens with one attached hydrogen (secondary N) is 4. The van der Waals surface area contributed by atoms with Crippen molar-refractivity contribution in [2.24, 2.45) is 5.73 Å². The van der Waals surface area contributed by atoms with E-state index in [1.807, 2.05) is 165 Å². The van der Waals surface area contributed by atoms with Crippen molar-refractivity contribution in [2.45, 2.75) is 36.2 Å². The number of rotatable bonds is 15. The molecule has 0 spiro atoms. The van der Waals surface area contributed by atoms with E-state index in [1.54, 1.807) is 39.6 Å². The van der Waals surface area contributed by atoms with Gasteiger partial charge in [-0.15, -0.1) is 0 Å². The van der Waals surface area contributed by atoms with Crippen LogP contribution in [0.15, 0.2) is 236 Å². The molecule has 454 valence electrons. The number of aromatic nitrogens is 18. The van der Waals surface area contributed by atoms with E-state index in [9.17, 15) is 12.6 Å². The van der Waals surface area contributed by atoms with E-state index in [-0.39, 0.29) is 28.2 Å². The molecule has 9 heterocycles. The van der Waals surface area contributed by atoms with E-state index >= 15 is 0 Å². The fourth-order valence-electron chi connectivity index (χ4n) is 8.75. The highest BCUT2D eigenvalue weighted by Gasteiger charge is 2.17. The monoisotopic (exact) mass is 1250 g/mol. The number of nitrogens with two attached hydrogens (primary N) is 1. The molecule has 3 atom stereocenters. The second kappa shape index (κ2) is 28.4. The van der Waals surface area contributed by atoms with Gasteiger partial charge in [0.05, 0.1) is 33.9 Å². The van der Waals surface area contributed by atoms with E-state index in [2.05, 4.69) is 110 Å². The molecule has 5 aromatic carbocycles. The van der Waals surface area contributed by atoms with Gasteiger partial charge in [0.2, 0.25) is 43.9 Å². The number of hydrogen-bond acceptors (Lipinski definition) is 23. The lowest BCUT2D eigenvalue weighted by molar-refractivity contribution is 0.593.